The minimum absolute atomic E-state index is 0.150. The van der Waals surface area contributed by atoms with Gasteiger partial charge in [-0.2, -0.15) is 13.2 Å². The molecular formula is C14H11ClF3NO. The topological polar surface area (TPSA) is 22.1 Å². The van der Waals surface area contributed by atoms with Crippen molar-refractivity contribution >= 4 is 22.5 Å². The van der Waals surface area contributed by atoms with Gasteiger partial charge in [-0.15, -0.1) is 0 Å². The number of hydrogen-bond donors (Lipinski definition) is 0. The molecule has 0 amide bonds. The van der Waals surface area contributed by atoms with Gasteiger partial charge in [-0.3, -0.25) is 4.98 Å². The first-order valence-electron chi connectivity index (χ1n) is 6.24. The molecule has 0 aliphatic heterocycles. The molecule has 1 aromatic carbocycles. The maximum atomic E-state index is 12.2. The van der Waals surface area contributed by atoms with Crippen LogP contribution < -0.4 is 4.74 Å². The summed E-state index contributed by atoms with van der Waals surface area (Å²) in [5, 5.41) is 1.23. The summed E-state index contributed by atoms with van der Waals surface area (Å²) in [6, 6.07) is 4.65. The highest BCUT2D eigenvalue weighted by Gasteiger charge is 2.28. The average Bonchev–Trinajstić information content (AvgIpc) is 2.84. The number of benzene rings is 1. The van der Waals surface area contributed by atoms with Crippen molar-refractivity contribution in [3.8, 4) is 5.75 Å². The average molecular weight is 302 g/mol. The van der Waals surface area contributed by atoms with Crippen molar-refractivity contribution < 1.29 is 17.9 Å². The zero-order valence-corrected chi connectivity index (χ0v) is 11.2. The van der Waals surface area contributed by atoms with Gasteiger partial charge in [0.2, 0.25) is 0 Å². The van der Waals surface area contributed by atoms with Crippen molar-refractivity contribution in [3.63, 3.8) is 0 Å². The molecule has 0 radical (unpaired) electrons. The van der Waals surface area contributed by atoms with Gasteiger partial charge in [0.15, 0.2) is 6.61 Å². The fourth-order valence-corrected chi connectivity index (χ4v) is 2.79. The second-order valence-corrected chi connectivity index (χ2v) is 5.17. The molecule has 2 nitrogen and oxygen atoms in total. The normalized spacial score (nSPS) is 14.6. The lowest BCUT2D eigenvalue weighted by Gasteiger charge is -2.11. The SMILES string of the molecule is FC(F)(F)COc1ccc2nc3c(c(Cl)c2c1)CCC3. The van der Waals surface area contributed by atoms with Gasteiger partial charge >= 0.3 is 6.18 Å². The predicted octanol–water partition coefficient (Wildman–Crippen LogP) is 4.32. The van der Waals surface area contributed by atoms with Gasteiger partial charge in [-0.05, 0) is 43.0 Å². The summed E-state index contributed by atoms with van der Waals surface area (Å²) in [6.07, 6.45) is -1.58. The first-order chi connectivity index (χ1) is 9.44. The van der Waals surface area contributed by atoms with Gasteiger partial charge < -0.3 is 4.74 Å². The minimum Gasteiger partial charge on any atom is -0.484 e. The molecule has 0 N–H and O–H groups in total. The molecule has 0 saturated carbocycles. The van der Waals surface area contributed by atoms with E-state index in [0.717, 1.165) is 30.5 Å². The van der Waals surface area contributed by atoms with Gasteiger partial charge in [0, 0.05) is 11.1 Å². The van der Waals surface area contributed by atoms with Crippen LogP contribution in [0.5, 0.6) is 5.75 Å². The fraction of sp³-hybridized carbons (Fsp3) is 0.357. The van der Waals surface area contributed by atoms with Crippen molar-refractivity contribution in [1.82, 2.24) is 4.98 Å². The molecule has 0 spiro atoms. The Morgan fingerprint density at radius 2 is 2.05 bits per heavy atom. The van der Waals surface area contributed by atoms with Gasteiger partial charge in [0.05, 0.1) is 10.5 Å². The van der Waals surface area contributed by atoms with Gasteiger partial charge in [-0.1, -0.05) is 11.6 Å². The zero-order chi connectivity index (χ0) is 14.3. The molecular weight excluding hydrogens is 291 g/mol. The molecule has 1 aliphatic carbocycles. The number of ether oxygens (including phenoxy) is 1. The van der Waals surface area contributed by atoms with Crippen LogP contribution in [0.4, 0.5) is 13.2 Å². The van der Waals surface area contributed by atoms with Crippen LogP contribution in [0.25, 0.3) is 10.9 Å². The van der Waals surface area contributed by atoms with E-state index < -0.39 is 12.8 Å². The standard InChI is InChI=1S/C14H11ClF3NO/c15-13-9-2-1-3-11(9)19-12-5-4-8(6-10(12)13)20-7-14(16,17)18/h4-6H,1-3,7H2. The molecule has 0 fully saturated rings. The third-order valence-corrected chi connectivity index (χ3v) is 3.75. The molecule has 1 aromatic heterocycles. The molecule has 0 bridgehead atoms. The quantitative estimate of drug-likeness (QED) is 0.824. The van der Waals surface area contributed by atoms with Crippen molar-refractivity contribution in [3.05, 3.63) is 34.5 Å². The predicted molar refractivity (Wildman–Crippen MR) is 70.3 cm³/mol. The first-order valence-corrected chi connectivity index (χ1v) is 6.62. The number of halogens is 4. The molecule has 20 heavy (non-hydrogen) atoms. The number of aromatic nitrogens is 1. The Morgan fingerprint density at radius 1 is 1.25 bits per heavy atom. The molecule has 0 unspecified atom stereocenters. The van der Waals surface area contributed by atoms with Crippen LogP contribution in [0.1, 0.15) is 17.7 Å². The van der Waals surface area contributed by atoms with Crippen molar-refractivity contribution in [2.75, 3.05) is 6.61 Å². The van der Waals surface area contributed by atoms with Crippen LogP contribution in [0.15, 0.2) is 18.2 Å². The van der Waals surface area contributed by atoms with Crippen LogP contribution in [0.2, 0.25) is 5.02 Å². The summed E-state index contributed by atoms with van der Waals surface area (Å²) in [6.45, 7) is -1.31. The number of nitrogens with zero attached hydrogens (tertiary/aromatic N) is 1. The van der Waals surface area contributed by atoms with E-state index in [4.69, 9.17) is 16.3 Å². The number of alkyl halides is 3. The van der Waals surface area contributed by atoms with E-state index in [2.05, 4.69) is 4.98 Å². The number of aryl methyl sites for hydroxylation is 1. The number of fused-ring (bicyclic) bond motifs is 2. The lowest BCUT2D eigenvalue weighted by Crippen LogP contribution is -2.19. The van der Waals surface area contributed by atoms with E-state index in [1.54, 1.807) is 6.07 Å². The third kappa shape index (κ3) is 2.54. The van der Waals surface area contributed by atoms with E-state index in [0.29, 0.717) is 15.9 Å². The molecule has 6 heteroatoms. The molecule has 0 saturated heterocycles. The maximum absolute atomic E-state index is 12.2. The van der Waals surface area contributed by atoms with E-state index in [1.165, 1.54) is 12.1 Å². The van der Waals surface area contributed by atoms with E-state index in [1.807, 2.05) is 0 Å². The molecule has 1 heterocycles. The highest BCUT2D eigenvalue weighted by molar-refractivity contribution is 6.36. The molecule has 2 aromatic rings. The highest BCUT2D eigenvalue weighted by atomic mass is 35.5. The summed E-state index contributed by atoms with van der Waals surface area (Å²) in [4.78, 5) is 4.50. The van der Waals surface area contributed by atoms with Crippen LogP contribution in [0.3, 0.4) is 0 Å². The van der Waals surface area contributed by atoms with Gasteiger partial charge in [0.25, 0.3) is 0 Å². The minimum atomic E-state index is -4.35. The first kappa shape index (κ1) is 13.5. The lowest BCUT2D eigenvalue weighted by atomic mass is 10.1. The molecule has 3 rings (SSSR count). The molecule has 1 aliphatic rings. The largest absolute Gasteiger partial charge is 0.484 e. The number of pyridine rings is 1. The van der Waals surface area contributed by atoms with Gasteiger partial charge in [0.1, 0.15) is 5.75 Å². The second kappa shape index (κ2) is 4.81. The van der Waals surface area contributed by atoms with Gasteiger partial charge in [-0.25, -0.2) is 0 Å². The number of rotatable bonds is 2. The zero-order valence-electron chi connectivity index (χ0n) is 10.4. The molecule has 0 atom stereocenters. The fourth-order valence-electron chi connectivity index (χ4n) is 2.44. The Hall–Kier alpha value is -1.49. The third-order valence-electron chi connectivity index (χ3n) is 3.32. The van der Waals surface area contributed by atoms with Crippen molar-refractivity contribution in [2.45, 2.75) is 25.4 Å². The Balaban J connectivity index is 1.99. The second-order valence-electron chi connectivity index (χ2n) is 4.79. The number of hydrogen-bond acceptors (Lipinski definition) is 2. The Labute approximate surface area is 118 Å². The smallest absolute Gasteiger partial charge is 0.422 e. The lowest BCUT2D eigenvalue weighted by molar-refractivity contribution is -0.153. The van der Waals surface area contributed by atoms with E-state index in [-0.39, 0.29) is 5.75 Å². The summed E-state index contributed by atoms with van der Waals surface area (Å²) in [7, 11) is 0. The summed E-state index contributed by atoms with van der Waals surface area (Å²) in [5.41, 5.74) is 2.69. The Bertz CT molecular complexity index is 669. The highest BCUT2D eigenvalue weighted by Crippen LogP contribution is 2.35. The van der Waals surface area contributed by atoms with Crippen LogP contribution in [-0.2, 0) is 12.8 Å². The molecule has 106 valence electrons. The van der Waals surface area contributed by atoms with Crippen molar-refractivity contribution in [1.29, 1.82) is 0 Å². The van der Waals surface area contributed by atoms with E-state index >= 15 is 0 Å². The van der Waals surface area contributed by atoms with Crippen molar-refractivity contribution in [2.24, 2.45) is 0 Å². The summed E-state index contributed by atoms with van der Waals surface area (Å²) < 4.78 is 41.2. The van der Waals surface area contributed by atoms with E-state index in [9.17, 15) is 13.2 Å². The van der Waals surface area contributed by atoms with Crippen LogP contribution >= 0.6 is 11.6 Å². The summed E-state index contributed by atoms with van der Waals surface area (Å²) in [5.74, 6) is 0.150. The maximum Gasteiger partial charge on any atom is 0.422 e. The Kier molecular flexibility index (Phi) is 3.24. The van der Waals surface area contributed by atoms with Crippen LogP contribution in [0, 0.1) is 0 Å². The summed E-state index contributed by atoms with van der Waals surface area (Å²) >= 11 is 6.33. The van der Waals surface area contributed by atoms with Crippen LogP contribution in [-0.4, -0.2) is 17.8 Å². The monoisotopic (exact) mass is 301 g/mol. The Morgan fingerprint density at radius 3 is 2.80 bits per heavy atom.